The Balaban J connectivity index is 0.00000210. The summed E-state index contributed by atoms with van der Waals surface area (Å²) in [6.07, 6.45) is 1.80. The van der Waals surface area contributed by atoms with Crippen LogP contribution in [-0.4, -0.2) is 44.7 Å². The van der Waals surface area contributed by atoms with E-state index in [0.29, 0.717) is 24.6 Å². The van der Waals surface area contributed by atoms with Gasteiger partial charge in [0.15, 0.2) is 5.82 Å². The third-order valence-electron chi connectivity index (χ3n) is 4.36. The lowest BCUT2D eigenvalue weighted by atomic mass is 10.1. The van der Waals surface area contributed by atoms with Gasteiger partial charge in [-0.1, -0.05) is 6.07 Å². The first kappa shape index (κ1) is 19.5. The fraction of sp³-hybridized carbons (Fsp3) is 0.278. The molecule has 1 aliphatic heterocycles. The second-order valence-electron chi connectivity index (χ2n) is 6.28. The van der Waals surface area contributed by atoms with E-state index < -0.39 is 0 Å². The van der Waals surface area contributed by atoms with Crippen LogP contribution in [0.4, 0.5) is 4.39 Å². The zero-order valence-corrected chi connectivity index (χ0v) is 16.0. The number of carbonyl (C=O) groups is 1. The zero-order valence-electron chi connectivity index (χ0n) is 14.4. The van der Waals surface area contributed by atoms with Crippen LogP contribution in [0.2, 0.25) is 0 Å². The number of rotatable bonds is 3. The van der Waals surface area contributed by atoms with Crippen LogP contribution in [0.1, 0.15) is 23.5 Å². The number of carbonyl (C=O) groups excluding carboxylic acids is 1. The van der Waals surface area contributed by atoms with Crippen LogP contribution in [0.5, 0.6) is 0 Å². The number of nitrogens with zero attached hydrogens (tertiary/aromatic N) is 4. The summed E-state index contributed by atoms with van der Waals surface area (Å²) in [4.78, 5) is 19.9. The van der Waals surface area contributed by atoms with Crippen molar-refractivity contribution in [1.82, 2.24) is 19.7 Å². The fourth-order valence-electron chi connectivity index (χ4n) is 3.07. The van der Waals surface area contributed by atoms with Gasteiger partial charge in [-0.3, -0.25) is 4.79 Å². The molecule has 6 nitrogen and oxygen atoms in total. The number of piperidine rings is 1. The van der Waals surface area contributed by atoms with Gasteiger partial charge >= 0.3 is 0 Å². The molecule has 0 spiro atoms. The van der Waals surface area contributed by atoms with E-state index in [9.17, 15) is 9.18 Å². The standard InChI is InChI=1S/C18H18FN5OS.ClH/c19-12-5-7-14(8-6-12)24-17(15-4-2-10-26-15)21-16(22-24)18(25)23-9-1-3-13(20)11-23;/h2,4-8,10,13H,1,3,9,11,20H2;1H. The molecule has 2 N–H and O–H groups in total. The lowest BCUT2D eigenvalue weighted by Gasteiger charge is -2.29. The van der Waals surface area contributed by atoms with Crippen LogP contribution in [-0.2, 0) is 0 Å². The van der Waals surface area contributed by atoms with E-state index in [-0.39, 0.29) is 36.0 Å². The minimum absolute atomic E-state index is 0. The van der Waals surface area contributed by atoms with Gasteiger partial charge in [-0.2, -0.15) is 0 Å². The largest absolute Gasteiger partial charge is 0.334 e. The van der Waals surface area contributed by atoms with Gasteiger partial charge in [0, 0.05) is 19.1 Å². The molecule has 1 saturated heterocycles. The molecule has 0 bridgehead atoms. The maximum atomic E-state index is 13.3. The van der Waals surface area contributed by atoms with Gasteiger partial charge in [0.05, 0.1) is 10.6 Å². The van der Waals surface area contributed by atoms with Crippen LogP contribution >= 0.6 is 23.7 Å². The average Bonchev–Trinajstić information content (AvgIpc) is 3.31. The summed E-state index contributed by atoms with van der Waals surface area (Å²) in [7, 11) is 0. The van der Waals surface area contributed by atoms with E-state index >= 15 is 0 Å². The maximum Gasteiger partial charge on any atom is 0.293 e. The first-order valence-corrected chi connectivity index (χ1v) is 9.31. The Morgan fingerprint density at radius 2 is 2.04 bits per heavy atom. The number of aromatic nitrogens is 3. The summed E-state index contributed by atoms with van der Waals surface area (Å²) in [6.45, 7) is 1.17. The van der Waals surface area contributed by atoms with Crippen LogP contribution in [0.3, 0.4) is 0 Å². The first-order valence-electron chi connectivity index (χ1n) is 8.43. The Morgan fingerprint density at radius 3 is 2.70 bits per heavy atom. The molecule has 9 heteroatoms. The molecule has 0 radical (unpaired) electrons. The minimum Gasteiger partial charge on any atom is -0.334 e. The molecule has 4 rings (SSSR count). The van der Waals surface area contributed by atoms with Crippen molar-refractivity contribution >= 4 is 29.7 Å². The van der Waals surface area contributed by atoms with Crippen molar-refractivity contribution in [3.8, 4) is 16.4 Å². The van der Waals surface area contributed by atoms with E-state index in [1.807, 2.05) is 17.5 Å². The van der Waals surface area contributed by atoms with Gasteiger partial charge in [-0.05, 0) is 48.6 Å². The quantitative estimate of drug-likeness (QED) is 0.723. The molecule has 1 unspecified atom stereocenters. The second kappa shape index (κ2) is 8.16. The molecule has 2 aromatic heterocycles. The molecule has 1 aromatic carbocycles. The summed E-state index contributed by atoms with van der Waals surface area (Å²) in [6, 6.07) is 9.77. The SMILES string of the molecule is Cl.NC1CCCN(C(=O)c2nc(-c3cccs3)n(-c3ccc(F)cc3)n2)C1. The summed E-state index contributed by atoms with van der Waals surface area (Å²) in [5, 5.41) is 6.36. The third-order valence-corrected chi connectivity index (χ3v) is 5.22. The van der Waals surface area contributed by atoms with Crippen molar-refractivity contribution in [2.45, 2.75) is 18.9 Å². The molecule has 3 aromatic rings. The topological polar surface area (TPSA) is 77.0 Å². The van der Waals surface area contributed by atoms with Gasteiger partial charge in [-0.25, -0.2) is 14.1 Å². The van der Waals surface area contributed by atoms with E-state index in [1.54, 1.807) is 21.7 Å². The highest BCUT2D eigenvalue weighted by molar-refractivity contribution is 7.13. The van der Waals surface area contributed by atoms with E-state index in [1.165, 1.54) is 23.5 Å². The molecule has 0 aliphatic carbocycles. The number of benzene rings is 1. The Bertz CT molecular complexity index is 912. The zero-order chi connectivity index (χ0) is 18.1. The number of hydrogen-bond donors (Lipinski definition) is 1. The van der Waals surface area contributed by atoms with Crippen molar-refractivity contribution in [3.05, 3.63) is 53.4 Å². The van der Waals surface area contributed by atoms with E-state index in [4.69, 9.17) is 5.73 Å². The van der Waals surface area contributed by atoms with Crippen LogP contribution < -0.4 is 5.73 Å². The third kappa shape index (κ3) is 4.02. The van der Waals surface area contributed by atoms with Gasteiger partial charge in [0.1, 0.15) is 5.82 Å². The van der Waals surface area contributed by atoms with Crippen LogP contribution in [0, 0.1) is 5.82 Å². The summed E-state index contributed by atoms with van der Waals surface area (Å²) < 4.78 is 14.9. The molecule has 142 valence electrons. The Hall–Kier alpha value is -2.29. The molecular formula is C18H19ClFN5OS. The van der Waals surface area contributed by atoms with Crippen molar-refractivity contribution in [1.29, 1.82) is 0 Å². The monoisotopic (exact) mass is 407 g/mol. The lowest BCUT2D eigenvalue weighted by molar-refractivity contribution is 0.0696. The van der Waals surface area contributed by atoms with Crippen LogP contribution in [0.25, 0.3) is 16.4 Å². The highest BCUT2D eigenvalue weighted by atomic mass is 35.5. The predicted molar refractivity (Wildman–Crippen MR) is 105 cm³/mol. The van der Waals surface area contributed by atoms with Crippen LogP contribution in [0.15, 0.2) is 41.8 Å². The number of amides is 1. The molecule has 3 heterocycles. The number of nitrogens with two attached hydrogens (primary N) is 1. The van der Waals surface area contributed by atoms with Crippen molar-refractivity contribution in [3.63, 3.8) is 0 Å². The normalized spacial score (nSPS) is 16.8. The number of likely N-dealkylation sites (tertiary alicyclic amines) is 1. The minimum atomic E-state index is -0.329. The molecule has 1 fully saturated rings. The summed E-state index contributed by atoms with van der Waals surface area (Å²) in [5.41, 5.74) is 6.63. The molecule has 27 heavy (non-hydrogen) atoms. The molecule has 1 atom stereocenters. The van der Waals surface area contributed by atoms with Gasteiger partial charge in [0.2, 0.25) is 5.82 Å². The van der Waals surface area contributed by atoms with Crippen molar-refractivity contribution < 1.29 is 9.18 Å². The smallest absolute Gasteiger partial charge is 0.293 e. The van der Waals surface area contributed by atoms with E-state index in [2.05, 4.69) is 10.1 Å². The number of thiophene rings is 1. The molecule has 1 amide bonds. The molecule has 1 aliphatic rings. The Kier molecular flexibility index (Phi) is 5.88. The summed E-state index contributed by atoms with van der Waals surface area (Å²) >= 11 is 1.51. The Labute approximate surface area is 166 Å². The summed E-state index contributed by atoms with van der Waals surface area (Å²) in [5.74, 6) is 0.145. The highest BCUT2D eigenvalue weighted by Gasteiger charge is 2.27. The van der Waals surface area contributed by atoms with Crippen molar-refractivity contribution in [2.24, 2.45) is 5.73 Å². The first-order chi connectivity index (χ1) is 12.6. The second-order valence-corrected chi connectivity index (χ2v) is 7.23. The van der Waals surface area contributed by atoms with Gasteiger partial charge in [0.25, 0.3) is 5.91 Å². The molecular weight excluding hydrogens is 389 g/mol. The maximum absolute atomic E-state index is 13.3. The van der Waals surface area contributed by atoms with Gasteiger partial charge < -0.3 is 10.6 Å². The highest BCUT2D eigenvalue weighted by Crippen LogP contribution is 2.26. The van der Waals surface area contributed by atoms with Gasteiger partial charge in [-0.15, -0.1) is 28.8 Å². The Morgan fingerprint density at radius 1 is 1.26 bits per heavy atom. The number of hydrogen-bond acceptors (Lipinski definition) is 5. The van der Waals surface area contributed by atoms with Crippen molar-refractivity contribution in [2.75, 3.05) is 13.1 Å². The molecule has 0 saturated carbocycles. The van der Waals surface area contributed by atoms with E-state index in [0.717, 1.165) is 17.7 Å². The predicted octanol–water partition coefficient (Wildman–Crippen LogP) is 3.12. The lowest BCUT2D eigenvalue weighted by Crippen LogP contribution is -2.46. The number of halogens is 2. The fourth-order valence-corrected chi connectivity index (χ4v) is 3.76. The average molecular weight is 408 g/mol.